The molecule has 7 nitrogen and oxygen atoms in total. The number of unbranched alkanes of at least 4 members (excludes halogenated alkanes) is 1. The van der Waals surface area contributed by atoms with Gasteiger partial charge in [0, 0.05) is 31.9 Å². The summed E-state index contributed by atoms with van der Waals surface area (Å²) in [7, 11) is 0. The minimum atomic E-state index is -0.497. The fraction of sp³-hybridized carbons (Fsp3) is 0.960. The average Bonchev–Trinajstić information content (AvgIpc) is 2.64. The fourth-order valence-corrected chi connectivity index (χ4v) is 5.70. The van der Waals surface area contributed by atoms with Crippen molar-refractivity contribution in [3.05, 3.63) is 0 Å². The lowest BCUT2D eigenvalue weighted by Crippen LogP contribution is -2.64. The lowest BCUT2D eigenvalue weighted by Gasteiger charge is -2.61. The van der Waals surface area contributed by atoms with E-state index in [0.29, 0.717) is 24.4 Å². The number of carbonyl (C=O) groups excluding carboxylic acids is 1. The second-order valence-corrected chi connectivity index (χ2v) is 11.5. The first kappa shape index (κ1) is 24.2. The summed E-state index contributed by atoms with van der Waals surface area (Å²) in [6.07, 6.45) is 10.9. The van der Waals surface area contributed by atoms with E-state index in [0.717, 1.165) is 71.2 Å². The van der Waals surface area contributed by atoms with Crippen molar-refractivity contribution in [3.63, 3.8) is 0 Å². The van der Waals surface area contributed by atoms with E-state index in [4.69, 9.17) is 18.9 Å². The summed E-state index contributed by atoms with van der Waals surface area (Å²) >= 11 is 0. The number of rotatable bonds is 9. The third-order valence-corrected chi connectivity index (χ3v) is 7.47. The molecule has 3 aliphatic carbocycles. The van der Waals surface area contributed by atoms with Gasteiger partial charge in [-0.25, -0.2) is 4.79 Å². The number of ether oxygens (including phenoxy) is 4. The van der Waals surface area contributed by atoms with Crippen molar-refractivity contribution in [1.29, 1.82) is 0 Å². The quantitative estimate of drug-likeness (QED) is 0.522. The SMILES string of the molecule is CC(C)(C)OC(=O)N(C1CC2(CC(OCCCCOC3CCCCO3)C2)C1)[C@H]1C[C@@H](O)C1. The molecule has 0 radical (unpaired) electrons. The van der Waals surface area contributed by atoms with Crippen LogP contribution in [-0.2, 0) is 18.9 Å². The summed E-state index contributed by atoms with van der Waals surface area (Å²) in [5, 5.41) is 9.74. The Morgan fingerprint density at radius 3 is 2.31 bits per heavy atom. The van der Waals surface area contributed by atoms with Crippen LogP contribution in [0, 0.1) is 5.41 Å². The molecule has 1 atom stereocenters. The Morgan fingerprint density at radius 1 is 1.03 bits per heavy atom. The first-order valence-corrected chi connectivity index (χ1v) is 12.8. The molecule has 1 heterocycles. The minimum Gasteiger partial charge on any atom is -0.444 e. The Bertz CT molecular complexity index is 608. The van der Waals surface area contributed by atoms with Crippen LogP contribution in [-0.4, -0.2) is 72.1 Å². The Kier molecular flexibility index (Phi) is 7.70. The molecule has 0 bridgehead atoms. The largest absolute Gasteiger partial charge is 0.444 e. The van der Waals surface area contributed by atoms with Crippen LogP contribution in [0.3, 0.4) is 0 Å². The van der Waals surface area contributed by atoms with Gasteiger partial charge in [-0.2, -0.15) is 0 Å². The van der Waals surface area contributed by atoms with Crippen LogP contribution in [0.4, 0.5) is 4.79 Å². The zero-order valence-corrected chi connectivity index (χ0v) is 20.2. The maximum absolute atomic E-state index is 12.8. The van der Waals surface area contributed by atoms with Crippen molar-refractivity contribution in [2.24, 2.45) is 5.41 Å². The molecule has 0 aromatic carbocycles. The van der Waals surface area contributed by atoms with Crippen LogP contribution in [0.2, 0.25) is 0 Å². The van der Waals surface area contributed by atoms with Gasteiger partial charge in [-0.1, -0.05) is 0 Å². The van der Waals surface area contributed by atoms with Gasteiger partial charge in [0.1, 0.15) is 5.60 Å². The van der Waals surface area contributed by atoms with Crippen LogP contribution in [0.5, 0.6) is 0 Å². The molecule has 4 rings (SSSR count). The smallest absolute Gasteiger partial charge is 0.410 e. The topological polar surface area (TPSA) is 77.5 Å². The first-order valence-electron chi connectivity index (χ1n) is 12.8. The monoisotopic (exact) mass is 453 g/mol. The molecule has 32 heavy (non-hydrogen) atoms. The van der Waals surface area contributed by atoms with Crippen molar-refractivity contribution in [1.82, 2.24) is 4.90 Å². The Hall–Kier alpha value is -0.890. The number of amides is 1. The minimum absolute atomic E-state index is 0.00571. The van der Waals surface area contributed by atoms with E-state index < -0.39 is 5.60 Å². The average molecular weight is 454 g/mol. The van der Waals surface area contributed by atoms with Crippen molar-refractivity contribution >= 4 is 6.09 Å². The van der Waals surface area contributed by atoms with Gasteiger partial charge in [0.05, 0.1) is 12.2 Å². The van der Waals surface area contributed by atoms with Crippen molar-refractivity contribution < 1.29 is 28.8 Å². The molecule has 184 valence electrons. The highest BCUT2D eigenvalue weighted by atomic mass is 16.7. The van der Waals surface area contributed by atoms with Crippen molar-refractivity contribution in [3.8, 4) is 0 Å². The predicted molar refractivity (Wildman–Crippen MR) is 120 cm³/mol. The highest BCUT2D eigenvalue weighted by Crippen LogP contribution is 2.59. The molecule has 1 spiro atoms. The Morgan fingerprint density at radius 2 is 1.72 bits per heavy atom. The molecule has 1 N–H and O–H groups in total. The van der Waals surface area contributed by atoms with Crippen LogP contribution >= 0.6 is 0 Å². The van der Waals surface area contributed by atoms with Crippen LogP contribution in [0.25, 0.3) is 0 Å². The lowest BCUT2D eigenvalue weighted by molar-refractivity contribution is -0.166. The molecule has 1 saturated heterocycles. The van der Waals surface area contributed by atoms with Gasteiger partial charge in [0.15, 0.2) is 6.29 Å². The number of nitrogens with zero attached hydrogens (tertiary/aromatic N) is 1. The molecule has 1 amide bonds. The molecular weight excluding hydrogens is 410 g/mol. The van der Waals surface area contributed by atoms with Crippen LogP contribution < -0.4 is 0 Å². The summed E-state index contributed by atoms with van der Waals surface area (Å²) < 4.78 is 23.1. The van der Waals surface area contributed by atoms with Crippen LogP contribution in [0.15, 0.2) is 0 Å². The van der Waals surface area contributed by atoms with Gasteiger partial charge < -0.3 is 29.0 Å². The zero-order valence-electron chi connectivity index (χ0n) is 20.2. The second-order valence-electron chi connectivity index (χ2n) is 11.5. The van der Waals surface area contributed by atoms with Gasteiger partial charge in [-0.05, 0) is 96.8 Å². The van der Waals surface area contributed by atoms with E-state index in [1.165, 1.54) is 6.42 Å². The van der Waals surface area contributed by atoms with Gasteiger partial charge >= 0.3 is 6.09 Å². The van der Waals surface area contributed by atoms with Gasteiger partial charge in [-0.15, -0.1) is 0 Å². The number of aliphatic hydroxyl groups excluding tert-OH is 1. The lowest BCUT2D eigenvalue weighted by atomic mass is 9.52. The molecule has 1 aliphatic heterocycles. The van der Waals surface area contributed by atoms with E-state index in [9.17, 15) is 9.90 Å². The molecular formula is C25H43NO6. The Labute approximate surface area is 193 Å². The van der Waals surface area contributed by atoms with Crippen LogP contribution in [0.1, 0.15) is 91.4 Å². The predicted octanol–water partition coefficient (Wildman–Crippen LogP) is 4.40. The van der Waals surface area contributed by atoms with E-state index >= 15 is 0 Å². The highest BCUT2D eigenvalue weighted by Gasteiger charge is 2.57. The zero-order chi connectivity index (χ0) is 22.8. The molecule has 0 aromatic heterocycles. The summed E-state index contributed by atoms with van der Waals surface area (Å²) in [6.45, 7) is 8.10. The summed E-state index contributed by atoms with van der Waals surface area (Å²) in [6, 6.07) is 0.359. The molecule has 0 aromatic rings. The molecule has 3 saturated carbocycles. The van der Waals surface area contributed by atoms with E-state index in [2.05, 4.69) is 0 Å². The maximum Gasteiger partial charge on any atom is 0.410 e. The molecule has 1 unspecified atom stereocenters. The number of aliphatic hydroxyl groups is 1. The standard InChI is InChI=1S/C25H43NO6/c1-24(2,3)32-23(28)26(18-12-20(27)13-18)19-14-25(15-19)16-21(17-25)29-9-6-7-11-31-22-8-4-5-10-30-22/h18-22,27H,4-17H2,1-3H3/t18-,19?,20+,21?,22?,25?. The summed E-state index contributed by atoms with van der Waals surface area (Å²) in [4.78, 5) is 14.8. The first-order chi connectivity index (χ1) is 15.2. The van der Waals surface area contributed by atoms with E-state index in [1.54, 1.807) is 0 Å². The second kappa shape index (κ2) is 10.2. The Balaban J connectivity index is 1.10. The molecule has 4 fully saturated rings. The maximum atomic E-state index is 12.8. The fourth-order valence-electron chi connectivity index (χ4n) is 5.70. The molecule has 4 aliphatic rings. The number of carbonyl (C=O) groups is 1. The van der Waals surface area contributed by atoms with Crippen molar-refractivity contribution in [2.75, 3.05) is 19.8 Å². The highest BCUT2D eigenvalue weighted by molar-refractivity contribution is 5.69. The third-order valence-electron chi connectivity index (χ3n) is 7.47. The van der Waals surface area contributed by atoms with Gasteiger partial charge in [0.2, 0.25) is 0 Å². The summed E-state index contributed by atoms with van der Waals surface area (Å²) in [5.41, 5.74) is -0.150. The van der Waals surface area contributed by atoms with Gasteiger partial charge in [0.25, 0.3) is 0 Å². The number of hydrogen-bond donors (Lipinski definition) is 1. The summed E-state index contributed by atoms with van der Waals surface area (Å²) in [5.74, 6) is 0. The third kappa shape index (κ3) is 6.16. The molecule has 7 heteroatoms. The van der Waals surface area contributed by atoms with Gasteiger partial charge in [-0.3, -0.25) is 0 Å². The number of hydrogen-bond acceptors (Lipinski definition) is 6. The normalized spacial score (nSPS) is 36.7. The van der Waals surface area contributed by atoms with E-state index in [1.807, 2.05) is 25.7 Å². The van der Waals surface area contributed by atoms with E-state index in [-0.39, 0.29) is 30.6 Å². The van der Waals surface area contributed by atoms with Crippen molar-refractivity contribution in [2.45, 2.75) is 128 Å².